The maximum absolute atomic E-state index is 12.3. The van der Waals surface area contributed by atoms with Crippen molar-refractivity contribution in [2.75, 3.05) is 19.0 Å². The first-order chi connectivity index (χ1) is 12.6. The lowest BCUT2D eigenvalue weighted by Gasteiger charge is -2.20. The fourth-order valence-electron chi connectivity index (χ4n) is 2.94. The molecule has 0 saturated heterocycles. The van der Waals surface area contributed by atoms with Gasteiger partial charge < -0.3 is 14.8 Å². The highest BCUT2D eigenvalue weighted by molar-refractivity contribution is 5.94. The summed E-state index contributed by atoms with van der Waals surface area (Å²) in [7, 11) is 1.30. The number of esters is 2. The molecule has 1 amide bonds. The zero-order valence-electron chi connectivity index (χ0n) is 14.3. The van der Waals surface area contributed by atoms with Crippen molar-refractivity contribution < 1.29 is 23.9 Å². The van der Waals surface area contributed by atoms with Gasteiger partial charge in [0.25, 0.3) is 5.91 Å². The molecule has 136 valence electrons. The number of fused-ring (bicyclic) bond motifs is 1. The average molecular weight is 357 g/mol. The Morgan fingerprint density at radius 2 is 2.04 bits per heavy atom. The Bertz CT molecular complexity index is 812. The molecule has 0 unspecified atom stereocenters. The van der Waals surface area contributed by atoms with Gasteiger partial charge in [-0.15, -0.1) is 0 Å². The van der Waals surface area contributed by atoms with Crippen LogP contribution in [0, 0.1) is 0 Å². The smallest absolute Gasteiger partial charge is 0.337 e. The number of carbonyl (C=O) groups excluding carboxylic acids is 3. The van der Waals surface area contributed by atoms with Gasteiger partial charge in [-0.1, -0.05) is 0 Å². The summed E-state index contributed by atoms with van der Waals surface area (Å²) in [6.45, 7) is -0.377. The van der Waals surface area contributed by atoms with Gasteiger partial charge in [0, 0.05) is 5.69 Å². The summed E-state index contributed by atoms with van der Waals surface area (Å²) >= 11 is 0. The largest absolute Gasteiger partial charge is 0.465 e. The van der Waals surface area contributed by atoms with Gasteiger partial charge in [-0.2, -0.15) is 5.10 Å². The Kier molecular flexibility index (Phi) is 5.31. The summed E-state index contributed by atoms with van der Waals surface area (Å²) in [5.41, 5.74) is 2.67. The summed E-state index contributed by atoms with van der Waals surface area (Å²) < 4.78 is 9.76. The molecule has 1 heterocycles. The predicted octanol–water partition coefficient (Wildman–Crippen LogP) is 1.80. The zero-order chi connectivity index (χ0) is 18.5. The minimum Gasteiger partial charge on any atom is -0.465 e. The molecule has 1 aromatic carbocycles. The molecule has 0 bridgehead atoms. The summed E-state index contributed by atoms with van der Waals surface area (Å²) in [4.78, 5) is 35.6. The van der Waals surface area contributed by atoms with Gasteiger partial charge in [-0.05, 0) is 49.1 Å². The van der Waals surface area contributed by atoms with E-state index < -0.39 is 23.8 Å². The van der Waals surface area contributed by atoms with Crippen LogP contribution in [0.15, 0.2) is 30.5 Å². The highest BCUT2D eigenvalue weighted by Crippen LogP contribution is 2.30. The number of aromatic nitrogens is 2. The molecule has 3 rings (SSSR count). The van der Waals surface area contributed by atoms with E-state index in [0.717, 1.165) is 24.1 Å². The summed E-state index contributed by atoms with van der Waals surface area (Å²) in [5.74, 6) is -1.76. The van der Waals surface area contributed by atoms with E-state index in [0.29, 0.717) is 17.7 Å². The van der Waals surface area contributed by atoms with Crippen LogP contribution in [-0.2, 0) is 25.5 Å². The number of aromatic amines is 1. The highest BCUT2D eigenvalue weighted by atomic mass is 16.5. The van der Waals surface area contributed by atoms with Crippen molar-refractivity contribution in [1.29, 1.82) is 0 Å². The molecule has 0 radical (unpaired) electrons. The van der Waals surface area contributed by atoms with Crippen molar-refractivity contribution >= 4 is 23.5 Å². The molecule has 1 atom stereocenters. The first kappa shape index (κ1) is 17.7. The molecule has 8 heteroatoms. The predicted molar refractivity (Wildman–Crippen MR) is 91.6 cm³/mol. The number of nitrogens with one attached hydrogen (secondary N) is 2. The topological polar surface area (TPSA) is 110 Å². The van der Waals surface area contributed by atoms with Crippen LogP contribution in [0.3, 0.4) is 0 Å². The van der Waals surface area contributed by atoms with Crippen molar-refractivity contribution in [3.05, 3.63) is 47.3 Å². The van der Waals surface area contributed by atoms with Crippen LogP contribution in [0.25, 0.3) is 0 Å². The molecule has 1 aliphatic carbocycles. The molecular formula is C18H19N3O5. The van der Waals surface area contributed by atoms with E-state index >= 15 is 0 Å². The van der Waals surface area contributed by atoms with E-state index in [1.165, 1.54) is 19.2 Å². The van der Waals surface area contributed by atoms with E-state index in [1.807, 2.05) is 0 Å². The minimum absolute atomic E-state index is 0.377. The van der Waals surface area contributed by atoms with Crippen molar-refractivity contribution in [3.63, 3.8) is 0 Å². The molecule has 0 fully saturated rings. The number of nitrogens with zero attached hydrogens (tertiary/aromatic N) is 1. The molecule has 8 nitrogen and oxygen atoms in total. The molecule has 26 heavy (non-hydrogen) atoms. The normalized spacial score (nSPS) is 15.7. The third-order valence-electron chi connectivity index (χ3n) is 4.26. The third kappa shape index (κ3) is 3.90. The Hall–Kier alpha value is -3.16. The molecule has 2 N–H and O–H groups in total. The Morgan fingerprint density at radius 1 is 1.27 bits per heavy atom. The second-order valence-corrected chi connectivity index (χ2v) is 5.98. The lowest BCUT2D eigenvalue weighted by molar-refractivity contribution is -0.149. The molecular weight excluding hydrogens is 338 g/mol. The number of ether oxygens (including phenoxy) is 2. The summed E-state index contributed by atoms with van der Waals surface area (Å²) in [5, 5.41) is 9.42. The van der Waals surface area contributed by atoms with Gasteiger partial charge >= 0.3 is 11.9 Å². The number of amides is 1. The van der Waals surface area contributed by atoms with Crippen LogP contribution in [0.2, 0.25) is 0 Å². The monoisotopic (exact) mass is 357 g/mol. The number of H-pyrrole nitrogens is 1. The second kappa shape index (κ2) is 7.81. The average Bonchev–Trinajstić information content (AvgIpc) is 3.15. The van der Waals surface area contributed by atoms with Crippen LogP contribution in [0.4, 0.5) is 5.69 Å². The number of rotatable bonds is 5. The summed E-state index contributed by atoms with van der Waals surface area (Å²) in [6.07, 6.45) is 4.16. The summed E-state index contributed by atoms with van der Waals surface area (Å²) in [6, 6.07) is 6.22. The minimum atomic E-state index is -0.456. The van der Waals surface area contributed by atoms with E-state index in [-0.39, 0.29) is 6.61 Å². The van der Waals surface area contributed by atoms with E-state index in [1.54, 1.807) is 18.3 Å². The molecule has 2 aromatic rings. The molecule has 0 saturated carbocycles. The Balaban J connectivity index is 1.51. The molecule has 1 aromatic heterocycles. The van der Waals surface area contributed by atoms with Gasteiger partial charge in [0.1, 0.15) is 0 Å². The Labute approximate surface area is 149 Å². The van der Waals surface area contributed by atoms with Crippen molar-refractivity contribution in [2.24, 2.45) is 0 Å². The fourth-order valence-corrected chi connectivity index (χ4v) is 2.94. The van der Waals surface area contributed by atoms with Gasteiger partial charge in [-0.3, -0.25) is 14.7 Å². The lowest BCUT2D eigenvalue weighted by Crippen LogP contribution is -2.26. The lowest BCUT2D eigenvalue weighted by atomic mass is 9.88. The second-order valence-electron chi connectivity index (χ2n) is 5.98. The number of anilines is 1. The van der Waals surface area contributed by atoms with Gasteiger partial charge in [-0.25, -0.2) is 4.79 Å². The number of aryl methyl sites for hydroxylation is 1. The van der Waals surface area contributed by atoms with Crippen LogP contribution in [0.1, 0.15) is 40.4 Å². The van der Waals surface area contributed by atoms with Crippen LogP contribution >= 0.6 is 0 Å². The number of benzene rings is 1. The van der Waals surface area contributed by atoms with Crippen LogP contribution in [-0.4, -0.2) is 41.8 Å². The first-order valence-electron chi connectivity index (χ1n) is 8.25. The fraction of sp³-hybridized carbons (Fsp3) is 0.333. The number of methoxy groups -OCH3 is 1. The van der Waals surface area contributed by atoms with Crippen LogP contribution < -0.4 is 5.32 Å². The van der Waals surface area contributed by atoms with Gasteiger partial charge in [0.05, 0.1) is 30.5 Å². The molecule has 0 spiro atoms. The highest BCUT2D eigenvalue weighted by Gasteiger charge is 2.29. The Morgan fingerprint density at radius 3 is 2.77 bits per heavy atom. The van der Waals surface area contributed by atoms with Crippen molar-refractivity contribution in [3.8, 4) is 0 Å². The quantitative estimate of drug-likeness (QED) is 0.790. The maximum Gasteiger partial charge on any atom is 0.337 e. The molecule has 1 aliphatic rings. The van der Waals surface area contributed by atoms with Crippen LogP contribution in [0.5, 0.6) is 0 Å². The maximum atomic E-state index is 12.3. The molecule has 0 aliphatic heterocycles. The SMILES string of the molecule is COC(=O)c1ccc(NC(=O)COC(=O)[C@H]2CCCc3cn[nH]c32)cc1. The zero-order valence-corrected chi connectivity index (χ0v) is 14.3. The van der Waals surface area contributed by atoms with Crippen molar-refractivity contribution in [1.82, 2.24) is 10.2 Å². The van der Waals surface area contributed by atoms with Gasteiger partial charge in [0.15, 0.2) is 6.61 Å². The number of hydrogen-bond donors (Lipinski definition) is 2. The third-order valence-corrected chi connectivity index (χ3v) is 4.26. The number of carbonyl (C=O) groups is 3. The first-order valence-corrected chi connectivity index (χ1v) is 8.25. The van der Waals surface area contributed by atoms with Crippen molar-refractivity contribution in [2.45, 2.75) is 25.2 Å². The van der Waals surface area contributed by atoms with Gasteiger partial charge in [0.2, 0.25) is 0 Å². The van der Waals surface area contributed by atoms with E-state index in [2.05, 4.69) is 20.3 Å². The van der Waals surface area contributed by atoms with E-state index in [9.17, 15) is 14.4 Å². The number of hydrogen-bond acceptors (Lipinski definition) is 6. The van der Waals surface area contributed by atoms with E-state index in [4.69, 9.17) is 4.74 Å². The standard InChI is InChI=1S/C18H19N3O5/c1-25-17(23)11-5-7-13(8-6-11)20-15(22)10-26-18(24)14-4-2-3-12-9-19-21-16(12)14/h5-9,14H,2-4,10H2,1H3,(H,19,21)(H,20,22)/t14-/m0/s1.